The fourth-order valence-electron chi connectivity index (χ4n) is 2.29. The molecule has 1 aromatic carbocycles. The average Bonchev–Trinajstić information content (AvgIpc) is 2.45. The van der Waals surface area contributed by atoms with Gasteiger partial charge >= 0.3 is 18.0 Å². The molecule has 1 N–H and O–H groups in total. The first-order chi connectivity index (χ1) is 10.3. The summed E-state index contributed by atoms with van der Waals surface area (Å²) in [6, 6.07) is 6.82. The van der Waals surface area contributed by atoms with Gasteiger partial charge in [-0.2, -0.15) is 0 Å². The molecular weight excluding hydrogens is 350 g/mol. The van der Waals surface area contributed by atoms with Crippen molar-refractivity contribution in [1.29, 1.82) is 0 Å². The number of hydrogen-bond donors (Lipinski definition) is 1. The van der Waals surface area contributed by atoms with E-state index >= 15 is 0 Å². The minimum absolute atomic E-state index is 0.120. The van der Waals surface area contributed by atoms with Crippen molar-refractivity contribution in [3.8, 4) is 0 Å². The summed E-state index contributed by atoms with van der Waals surface area (Å²) in [6.07, 6.45) is 0. The maximum atomic E-state index is 12.2. The Bertz CT molecular complexity index is 687. The van der Waals surface area contributed by atoms with Crippen LogP contribution in [-0.4, -0.2) is 23.8 Å². The lowest BCUT2D eigenvalue weighted by atomic mass is 9.95. The second kappa shape index (κ2) is 6.32. The molecule has 2 rings (SSSR count). The third-order valence-corrected chi connectivity index (χ3v) is 5.09. The Labute approximate surface area is 137 Å². The zero-order valence-electron chi connectivity index (χ0n) is 11.7. The highest BCUT2D eigenvalue weighted by molar-refractivity contribution is 8.07. The summed E-state index contributed by atoms with van der Waals surface area (Å²) in [5, 5.41) is 2.43. The van der Waals surface area contributed by atoms with E-state index in [4.69, 9.17) is 27.2 Å². The number of allylic oxidation sites excluding steroid dienone is 1. The zero-order valence-corrected chi connectivity index (χ0v) is 14.2. The molecule has 1 aliphatic rings. The van der Waals surface area contributed by atoms with Gasteiger partial charge in [0.2, 0.25) is 0 Å². The quantitative estimate of drug-likeness (QED) is 0.655. The summed E-state index contributed by atoms with van der Waals surface area (Å²) in [7, 11) is 1.21. The van der Waals surface area contributed by atoms with E-state index in [0.717, 1.165) is 4.67 Å². The molecule has 9 heteroatoms. The molecule has 0 saturated carbocycles. The van der Waals surface area contributed by atoms with Crippen molar-refractivity contribution in [2.24, 2.45) is 0 Å². The molecular formula is C13H13Cl2N2O4P. The van der Waals surface area contributed by atoms with Crippen molar-refractivity contribution >= 4 is 40.5 Å². The number of amides is 2. The second-order valence-corrected chi connectivity index (χ2v) is 9.12. The minimum Gasteiger partial charge on any atom is -0.466 e. The zero-order chi connectivity index (χ0) is 16.5. The van der Waals surface area contributed by atoms with Crippen LogP contribution in [0.15, 0.2) is 41.6 Å². The minimum atomic E-state index is -4.01. The predicted octanol–water partition coefficient (Wildman–Crippen LogP) is 3.79. The molecule has 0 saturated heterocycles. The van der Waals surface area contributed by atoms with Crippen LogP contribution in [0.3, 0.4) is 0 Å². The molecule has 0 spiro atoms. The number of halogens is 2. The van der Waals surface area contributed by atoms with Crippen LogP contribution < -0.4 is 5.32 Å². The Morgan fingerprint density at radius 3 is 2.41 bits per heavy atom. The van der Waals surface area contributed by atoms with Gasteiger partial charge < -0.3 is 10.1 Å². The van der Waals surface area contributed by atoms with Crippen molar-refractivity contribution in [3.63, 3.8) is 0 Å². The fraction of sp³-hybridized carbons (Fsp3) is 0.231. The van der Waals surface area contributed by atoms with E-state index in [1.807, 2.05) is 0 Å². The average molecular weight is 363 g/mol. The first kappa shape index (κ1) is 16.9. The first-order valence-corrected chi connectivity index (χ1v) is 9.68. The number of hydrogen-bond acceptors (Lipinski definition) is 4. The normalized spacial score (nSPS) is 19.0. The van der Waals surface area contributed by atoms with Crippen molar-refractivity contribution in [3.05, 3.63) is 47.2 Å². The van der Waals surface area contributed by atoms with E-state index in [1.54, 1.807) is 37.3 Å². The van der Waals surface area contributed by atoms with E-state index in [1.165, 1.54) is 7.11 Å². The largest absolute Gasteiger partial charge is 0.466 e. The van der Waals surface area contributed by atoms with Crippen LogP contribution in [0.1, 0.15) is 18.5 Å². The molecule has 0 aliphatic carbocycles. The van der Waals surface area contributed by atoms with Gasteiger partial charge in [0.25, 0.3) is 0 Å². The van der Waals surface area contributed by atoms with Gasteiger partial charge in [0.1, 0.15) is 6.04 Å². The van der Waals surface area contributed by atoms with Gasteiger partial charge in [-0.3, -0.25) is 4.57 Å². The van der Waals surface area contributed by atoms with E-state index in [0.29, 0.717) is 11.3 Å². The van der Waals surface area contributed by atoms with E-state index < -0.39 is 24.0 Å². The summed E-state index contributed by atoms with van der Waals surface area (Å²) < 4.78 is 17.7. The summed E-state index contributed by atoms with van der Waals surface area (Å²) >= 11 is 11.4. The van der Waals surface area contributed by atoms with Gasteiger partial charge in [-0.15, -0.1) is 0 Å². The number of ether oxygens (including phenoxy) is 1. The molecule has 0 bridgehead atoms. The molecule has 1 aromatic rings. The molecule has 1 atom stereocenters. The SMILES string of the molecule is COC(=O)C1=C(C)NC(=O)N(P(=O)(Cl)Cl)C1c1ccccc1. The smallest absolute Gasteiger partial charge is 0.350 e. The Kier molecular flexibility index (Phi) is 4.85. The number of nitrogens with zero attached hydrogens (tertiary/aromatic N) is 1. The third kappa shape index (κ3) is 3.14. The van der Waals surface area contributed by atoms with Crippen molar-refractivity contribution in [1.82, 2.24) is 9.99 Å². The van der Waals surface area contributed by atoms with Gasteiger partial charge in [0, 0.05) is 5.70 Å². The number of methoxy groups -OCH3 is 1. The van der Waals surface area contributed by atoms with Crippen LogP contribution in [0, 0.1) is 0 Å². The lowest BCUT2D eigenvalue weighted by Crippen LogP contribution is -2.45. The Morgan fingerprint density at radius 2 is 1.91 bits per heavy atom. The van der Waals surface area contributed by atoms with Crippen molar-refractivity contribution < 1.29 is 18.9 Å². The van der Waals surface area contributed by atoms with Crippen LogP contribution in [0.25, 0.3) is 0 Å². The first-order valence-electron chi connectivity index (χ1n) is 6.21. The molecule has 0 fully saturated rings. The summed E-state index contributed by atoms with van der Waals surface area (Å²) in [6.45, 7) is 1.55. The van der Waals surface area contributed by atoms with Gasteiger partial charge in [-0.05, 0) is 35.0 Å². The van der Waals surface area contributed by atoms with Crippen LogP contribution in [0.2, 0.25) is 0 Å². The van der Waals surface area contributed by atoms with Gasteiger partial charge in [-0.25, -0.2) is 14.3 Å². The molecule has 1 aliphatic heterocycles. The second-order valence-electron chi connectivity index (χ2n) is 4.55. The van der Waals surface area contributed by atoms with Gasteiger partial charge in [-0.1, -0.05) is 30.3 Å². The monoisotopic (exact) mass is 362 g/mol. The Balaban J connectivity index is 2.69. The highest BCUT2D eigenvalue weighted by Crippen LogP contribution is 2.64. The third-order valence-electron chi connectivity index (χ3n) is 3.20. The number of urea groups is 1. The number of nitrogens with one attached hydrogen (secondary N) is 1. The number of rotatable bonds is 3. The molecule has 22 heavy (non-hydrogen) atoms. The number of carbonyl (C=O) groups is 2. The topological polar surface area (TPSA) is 75.7 Å². The van der Waals surface area contributed by atoms with E-state index in [-0.39, 0.29) is 5.57 Å². The molecule has 0 radical (unpaired) electrons. The van der Waals surface area contributed by atoms with E-state index in [2.05, 4.69) is 5.32 Å². The van der Waals surface area contributed by atoms with Crippen molar-refractivity contribution in [2.75, 3.05) is 7.11 Å². The maximum absolute atomic E-state index is 12.2. The summed E-state index contributed by atoms with van der Waals surface area (Å²) in [5.41, 5.74) is 0.956. The predicted molar refractivity (Wildman–Crippen MR) is 83.6 cm³/mol. The van der Waals surface area contributed by atoms with Gasteiger partial charge in [0.15, 0.2) is 0 Å². The Hall–Kier alpha value is -1.49. The summed E-state index contributed by atoms with van der Waals surface area (Å²) in [5.74, 6) is -4.68. The van der Waals surface area contributed by atoms with Crippen molar-refractivity contribution in [2.45, 2.75) is 13.0 Å². The molecule has 1 unspecified atom stereocenters. The number of carbonyl (C=O) groups excluding carboxylic acids is 2. The molecule has 6 nitrogen and oxygen atoms in total. The Morgan fingerprint density at radius 1 is 1.32 bits per heavy atom. The van der Waals surface area contributed by atoms with Crippen LogP contribution in [0.5, 0.6) is 0 Å². The number of benzene rings is 1. The van der Waals surface area contributed by atoms with Crippen LogP contribution in [0.4, 0.5) is 4.79 Å². The highest BCUT2D eigenvalue weighted by Gasteiger charge is 2.45. The van der Waals surface area contributed by atoms with Crippen LogP contribution in [-0.2, 0) is 14.1 Å². The molecule has 0 aromatic heterocycles. The van der Waals surface area contributed by atoms with Crippen LogP contribution >= 0.6 is 28.5 Å². The lowest BCUT2D eigenvalue weighted by molar-refractivity contribution is -0.136. The lowest BCUT2D eigenvalue weighted by Gasteiger charge is -2.37. The molecule has 1 heterocycles. The molecule has 2 amide bonds. The molecule has 118 valence electrons. The fourth-order valence-corrected chi connectivity index (χ4v) is 4.00. The van der Waals surface area contributed by atoms with Gasteiger partial charge in [0.05, 0.1) is 12.7 Å². The summed E-state index contributed by atoms with van der Waals surface area (Å²) in [4.78, 5) is 24.3. The maximum Gasteiger partial charge on any atom is 0.350 e. The highest BCUT2D eigenvalue weighted by atomic mass is 35.9. The standard InChI is InChI=1S/C13H13Cl2N2O4P/c1-8-10(12(18)21-2)11(9-6-4-3-5-7-9)17(13(19)16-8)22(14,15)20/h3-7,11H,1-2H3,(H,16,19). The van der Waals surface area contributed by atoms with E-state index in [9.17, 15) is 14.2 Å². The number of esters is 1.